The molecule has 1 aromatic carbocycles. The predicted molar refractivity (Wildman–Crippen MR) is 118 cm³/mol. The molecule has 1 saturated heterocycles. The van der Waals surface area contributed by atoms with E-state index < -0.39 is 0 Å². The molecule has 3 heterocycles. The fourth-order valence-corrected chi connectivity index (χ4v) is 3.81. The molecule has 1 aliphatic heterocycles. The zero-order valence-electron chi connectivity index (χ0n) is 17.3. The van der Waals surface area contributed by atoms with Crippen molar-refractivity contribution in [2.75, 3.05) is 36.4 Å². The minimum atomic E-state index is -0.358. The van der Waals surface area contributed by atoms with Gasteiger partial charge in [0.1, 0.15) is 5.02 Å². The first kappa shape index (κ1) is 21.1. The molecule has 9 nitrogen and oxygen atoms in total. The van der Waals surface area contributed by atoms with Gasteiger partial charge in [0, 0.05) is 32.2 Å². The maximum atomic E-state index is 12.7. The monoisotopic (exact) mass is 442 g/mol. The summed E-state index contributed by atoms with van der Waals surface area (Å²) in [5.41, 5.74) is 1.61. The van der Waals surface area contributed by atoms with Crippen LogP contribution >= 0.6 is 11.6 Å². The zero-order valence-corrected chi connectivity index (χ0v) is 18.0. The average molecular weight is 443 g/mol. The summed E-state index contributed by atoms with van der Waals surface area (Å²) >= 11 is 6.41. The van der Waals surface area contributed by atoms with Gasteiger partial charge in [-0.25, -0.2) is 0 Å². The van der Waals surface area contributed by atoms with Crippen LogP contribution in [0.2, 0.25) is 5.02 Å². The van der Waals surface area contributed by atoms with Crippen LogP contribution in [0.25, 0.3) is 5.69 Å². The molecule has 1 atom stereocenters. The highest BCUT2D eigenvalue weighted by atomic mass is 35.5. The van der Waals surface area contributed by atoms with Gasteiger partial charge in [-0.05, 0) is 26.0 Å². The number of carbonyl (C=O) groups is 1. The molecule has 1 fully saturated rings. The highest BCUT2D eigenvalue weighted by Gasteiger charge is 2.27. The molecular weight excluding hydrogens is 420 g/mol. The van der Waals surface area contributed by atoms with Gasteiger partial charge in [-0.15, -0.1) is 0 Å². The van der Waals surface area contributed by atoms with Gasteiger partial charge in [0.05, 0.1) is 29.3 Å². The van der Waals surface area contributed by atoms with Crippen LogP contribution in [-0.2, 0) is 4.79 Å². The number of hydrogen-bond acceptors (Lipinski definition) is 7. The normalized spacial score (nSPS) is 15.6. The van der Waals surface area contributed by atoms with E-state index in [1.165, 1.54) is 4.68 Å². The maximum absolute atomic E-state index is 12.7. The molecule has 3 aromatic rings. The summed E-state index contributed by atoms with van der Waals surface area (Å²) in [6, 6.07) is 10.5. The molecule has 0 bridgehead atoms. The first-order chi connectivity index (χ1) is 14.9. The van der Waals surface area contributed by atoms with Crippen molar-refractivity contribution in [2.45, 2.75) is 19.9 Å². The van der Waals surface area contributed by atoms with Gasteiger partial charge in [-0.1, -0.05) is 35.0 Å². The summed E-state index contributed by atoms with van der Waals surface area (Å²) in [6.07, 6.45) is 1.62. The second-order valence-electron chi connectivity index (χ2n) is 7.42. The molecule has 0 radical (unpaired) electrons. The van der Waals surface area contributed by atoms with Crippen LogP contribution in [0.3, 0.4) is 0 Å². The van der Waals surface area contributed by atoms with Crippen molar-refractivity contribution in [3.63, 3.8) is 0 Å². The molecule has 1 aliphatic rings. The number of carbonyl (C=O) groups excluding carboxylic acids is 1. The molecular formula is C21H23ClN6O3. The van der Waals surface area contributed by atoms with E-state index in [0.29, 0.717) is 49.1 Å². The average Bonchev–Trinajstić information content (AvgIpc) is 3.20. The number of halogens is 1. The first-order valence-corrected chi connectivity index (χ1v) is 10.4. The van der Waals surface area contributed by atoms with Crippen molar-refractivity contribution in [1.82, 2.24) is 19.8 Å². The summed E-state index contributed by atoms with van der Waals surface area (Å²) in [4.78, 5) is 29.3. The van der Waals surface area contributed by atoms with E-state index in [4.69, 9.17) is 16.1 Å². The van der Waals surface area contributed by atoms with Crippen molar-refractivity contribution < 1.29 is 9.32 Å². The van der Waals surface area contributed by atoms with E-state index in [-0.39, 0.29) is 22.5 Å². The lowest BCUT2D eigenvalue weighted by molar-refractivity contribution is -0.121. The third-order valence-electron chi connectivity index (χ3n) is 5.36. The number of rotatable bonds is 5. The zero-order chi connectivity index (χ0) is 22.0. The summed E-state index contributed by atoms with van der Waals surface area (Å²) in [5.74, 6) is 0.180. The first-order valence-electron chi connectivity index (χ1n) is 10.0. The molecule has 0 saturated carbocycles. The fraction of sp³-hybridized carbons (Fsp3) is 0.333. The Kier molecular flexibility index (Phi) is 6.06. The minimum Gasteiger partial charge on any atom is -0.366 e. The molecule has 0 spiro atoms. The standard InChI is InChI=1S/C21H23ClN6O3/c1-14-12-18(31-25-14)24-20(29)15(2)26-8-10-27(11-9-26)17-13-23-28(21(30)19(17)22)16-6-4-3-5-7-16/h3-7,12-13,15H,8-11H2,1-2H3,(H,24,29). The van der Waals surface area contributed by atoms with Crippen molar-refractivity contribution in [1.29, 1.82) is 0 Å². The van der Waals surface area contributed by atoms with Crippen LogP contribution in [-0.4, -0.2) is 58.0 Å². The minimum absolute atomic E-state index is 0.138. The molecule has 1 N–H and O–H groups in total. The van der Waals surface area contributed by atoms with Gasteiger partial charge < -0.3 is 9.42 Å². The number of aryl methyl sites for hydroxylation is 1. The van der Waals surface area contributed by atoms with Crippen LogP contribution in [0, 0.1) is 6.92 Å². The van der Waals surface area contributed by atoms with Crippen LogP contribution in [0.5, 0.6) is 0 Å². The topological polar surface area (TPSA) is 96.5 Å². The second-order valence-corrected chi connectivity index (χ2v) is 7.80. The number of piperazine rings is 1. The number of nitrogens with one attached hydrogen (secondary N) is 1. The summed E-state index contributed by atoms with van der Waals surface area (Å²) in [5, 5.41) is 11.0. The van der Waals surface area contributed by atoms with Gasteiger partial charge >= 0.3 is 0 Å². The fourth-order valence-electron chi connectivity index (χ4n) is 3.56. The van der Waals surface area contributed by atoms with Crippen LogP contribution < -0.4 is 15.8 Å². The van der Waals surface area contributed by atoms with Crippen molar-refractivity contribution in [2.24, 2.45) is 0 Å². The molecule has 10 heteroatoms. The number of hydrogen-bond donors (Lipinski definition) is 1. The Hall–Kier alpha value is -3.17. The van der Waals surface area contributed by atoms with E-state index in [2.05, 4.69) is 20.5 Å². The molecule has 31 heavy (non-hydrogen) atoms. The number of aromatic nitrogens is 3. The van der Waals surface area contributed by atoms with Gasteiger partial charge in [0.15, 0.2) is 0 Å². The molecule has 2 aromatic heterocycles. The van der Waals surface area contributed by atoms with Gasteiger partial charge in [0.2, 0.25) is 11.8 Å². The smallest absolute Gasteiger partial charge is 0.292 e. The SMILES string of the molecule is Cc1cc(NC(=O)C(C)N2CCN(c3cnn(-c4ccccc4)c(=O)c3Cl)CC2)on1. The lowest BCUT2D eigenvalue weighted by Gasteiger charge is -2.38. The van der Waals surface area contributed by atoms with Gasteiger partial charge in [0.25, 0.3) is 5.56 Å². The number of benzene rings is 1. The number of para-hydroxylation sites is 1. The lowest BCUT2D eigenvalue weighted by Crippen LogP contribution is -2.53. The molecule has 4 rings (SSSR count). The van der Waals surface area contributed by atoms with Crippen LogP contribution in [0.4, 0.5) is 11.6 Å². The Balaban J connectivity index is 1.41. The predicted octanol–water partition coefficient (Wildman–Crippen LogP) is 2.33. The van der Waals surface area contributed by atoms with Crippen molar-refractivity contribution in [3.05, 3.63) is 63.7 Å². The Labute approximate surface area is 184 Å². The quantitative estimate of drug-likeness (QED) is 0.647. The summed E-state index contributed by atoms with van der Waals surface area (Å²) in [6.45, 7) is 6.17. The highest BCUT2D eigenvalue weighted by molar-refractivity contribution is 6.33. The molecule has 162 valence electrons. The summed E-state index contributed by atoms with van der Waals surface area (Å²) in [7, 11) is 0. The largest absolute Gasteiger partial charge is 0.366 e. The number of anilines is 2. The molecule has 1 unspecified atom stereocenters. The van der Waals surface area contributed by atoms with E-state index in [9.17, 15) is 9.59 Å². The molecule has 1 amide bonds. The lowest BCUT2D eigenvalue weighted by atomic mass is 10.2. The van der Waals surface area contributed by atoms with E-state index in [0.717, 1.165) is 0 Å². The Morgan fingerprint density at radius 2 is 1.90 bits per heavy atom. The van der Waals surface area contributed by atoms with E-state index >= 15 is 0 Å². The van der Waals surface area contributed by atoms with Crippen molar-refractivity contribution >= 4 is 29.1 Å². The third-order valence-corrected chi connectivity index (χ3v) is 5.71. The van der Waals surface area contributed by atoms with Crippen molar-refractivity contribution in [3.8, 4) is 5.69 Å². The Morgan fingerprint density at radius 3 is 2.55 bits per heavy atom. The molecule has 0 aliphatic carbocycles. The van der Waals surface area contributed by atoms with E-state index in [1.54, 1.807) is 31.3 Å². The third kappa shape index (κ3) is 4.47. The number of nitrogens with zero attached hydrogens (tertiary/aromatic N) is 5. The Morgan fingerprint density at radius 1 is 1.19 bits per heavy atom. The van der Waals surface area contributed by atoms with Gasteiger partial charge in [-0.2, -0.15) is 9.78 Å². The number of amides is 1. The van der Waals surface area contributed by atoms with E-state index in [1.807, 2.05) is 30.0 Å². The second kappa shape index (κ2) is 8.91. The Bertz CT molecular complexity index is 1120. The highest BCUT2D eigenvalue weighted by Crippen LogP contribution is 2.23. The summed E-state index contributed by atoms with van der Waals surface area (Å²) < 4.78 is 6.34. The maximum Gasteiger partial charge on any atom is 0.292 e. The van der Waals surface area contributed by atoms with Crippen LogP contribution in [0.1, 0.15) is 12.6 Å². The van der Waals surface area contributed by atoms with Gasteiger partial charge in [-0.3, -0.25) is 19.8 Å². The van der Waals surface area contributed by atoms with Crippen LogP contribution in [0.15, 0.2) is 51.9 Å².